The molecule has 0 spiro atoms. The predicted molar refractivity (Wildman–Crippen MR) is 98.8 cm³/mol. The Hall–Kier alpha value is -1.59. The first-order valence-electron chi connectivity index (χ1n) is 8.86. The average Bonchev–Trinajstić information content (AvgIpc) is 3.39. The van der Waals surface area contributed by atoms with Gasteiger partial charge in [0.25, 0.3) is 0 Å². The molecular formula is C19H27ClN2O3. The second kappa shape index (κ2) is 8.68. The highest BCUT2D eigenvalue weighted by molar-refractivity contribution is 5.85. The quantitative estimate of drug-likeness (QED) is 0.841. The molecule has 1 aliphatic carbocycles. The number of benzene rings is 1. The van der Waals surface area contributed by atoms with Crippen LogP contribution in [0.25, 0.3) is 0 Å². The lowest BCUT2D eigenvalue weighted by Crippen LogP contribution is -2.50. The summed E-state index contributed by atoms with van der Waals surface area (Å²) in [5.41, 5.74) is 2.34. The molecule has 2 fully saturated rings. The van der Waals surface area contributed by atoms with Crippen LogP contribution in [0, 0.1) is 6.92 Å². The number of carbonyl (C=O) groups is 2. The van der Waals surface area contributed by atoms with E-state index >= 15 is 0 Å². The molecule has 0 aromatic heterocycles. The van der Waals surface area contributed by atoms with E-state index in [1.54, 1.807) is 0 Å². The van der Waals surface area contributed by atoms with Gasteiger partial charge in [-0.3, -0.25) is 14.5 Å². The Balaban J connectivity index is 0.00000225. The van der Waals surface area contributed by atoms with E-state index in [-0.39, 0.29) is 24.9 Å². The fourth-order valence-corrected chi connectivity index (χ4v) is 3.42. The molecule has 0 bridgehead atoms. The van der Waals surface area contributed by atoms with Crippen LogP contribution in [0.4, 0.5) is 0 Å². The van der Waals surface area contributed by atoms with Gasteiger partial charge in [-0.1, -0.05) is 36.2 Å². The number of aryl methyl sites for hydroxylation is 1. The van der Waals surface area contributed by atoms with E-state index in [1.165, 1.54) is 5.56 Å². The second-order valence-electron chi connectivity index (χ2n) is 7.06. The number of piperidine rings is 1. The average molecular weight is 367 g/mol. The first-order valence-corrected chi connectivity index (χ1v) is 8.86. The number of carbonyl (C=O) groups excluding carboxylic acids is 1. The minimum absolute atomic E-state index is 0. The molecule has 1 saturated heterocycles. The number of carboxylic acids is 1. The largest absolute Gasteiger partial charge is 0.480 e. The maximum Gasteiger partial charge on any atom is 0.320 e. The number of halogens is 1. The molecule has 0 radical (unpaired) electrons. The molecule has 1 saturated carbocycles. The standard InChI is InChI=1S/C19H26N2O3.ClH/c1-14-5-7-15(8-6-14)12-21(16-9-10-16)18(22)13-20-11-3-2-4-17(20)19(23)24;/h5-8,16-17H,2-4,9-13H2,1H3,(H,23,24);1H. The van der Waals surface area contributed by atoms with Gasteiger partial charge in [-0.2, -0.15) is 0 Å². The Morgan fingerprint density at radius 2 is 1.84 bits per heavy atom. The molecular weight excluding hydrogens is 340 g/mol. The predicted octanol–water partition coefficient (Wildman–Crippen LogP) is 2.85. The molecule has 3 rings (SSSR count). The van der Waals surface area contributed by atoms with Crippen LogP contribution >= 0.6 is 12.4 Å². The lowest BCUT2D eigenvalue weighted by atomic mass is 10.0. The summed E-state index contributed by atoms with van der Waals surface area (Å²) in [5.74, 6) is -0.745. The van der Waals surface area contributed by atoms with Gasteiger partial charge in [0.05, 0.1) is 6.54 Å². The normalized spacial score (nSPS) is 20.6. The number of nitrogens with zero attached hydrogens (tertiary/aromatic N) is 2. The first-order chi connectivity index (χ1) is 11.5. The third-order valence-corrected chi connectivity index (χ3v) is 5.02. The van der Waals surface area contributed by atoms with Crippen LogP contribution in [0.15, 0.2) is 24.3 Å². The number of rotatable bonds is 6. The number of carboxylic acid groups (broad SMARTS) is 1. The van der Waals surface area contributed by atoms with Crippen LogP contribution in [0.3, 0.4) is 0 Å². The van der Waals surface area contributed by atoms with Crippen molar-refractivity contribution in [3.05, 3.63) is 35.4 Å². The van der Waals surface area contributed by atoms with Gasteiger partial charge in [0.2, 0.25) is 5.91 Å². The maximum absolute atomic E-state index is 12.8. The lowest BCUT2D eigenvalue weighted by molar-refractivity contribution is -0.146. The van der Waals surface area contributed by atoms with E-state index < -0.39 is 12.0 Å². The molecule has 1 atom stereocenters. The van der Waals surface area contributed by atoms with Gasteiger partial charge in [0.15, 0.2) is 0 Å². The summed E-state index contributed by atoms with van der Waals surface area (Å²) in [6.45, 7) is 3.59. The summed E-state index contributed by atoms with van der Waals surface area (Å²) >= 11 is 0. The van der Waals surface area contributed by atoms with E-state index in [2.05, 4.69) is 31.2 Å². The Morgan fingerprint density at radius 1 is 1.16 bits per heavy atom. The van der Waals surface area contributed by atoms with Crippen molar-refractivity contribution in [3.8, 4) is 0 Å². The van der Waals surface area contributed by atoms with Crippen LogP contribution in [0.1, 0.15) is 43.2 Å². The Bertz CT molecular complexity index is 601. The highest BCUT2D eigenvalue weighted by atomic mass is 35.5. The third-order valence-electron chi connectivity index (χ3n) is 5.02. The van der Waals surface area contributed by atoms with Gasteiger partial charge in [0.1, 0.15) is 6.04 Å². The SMILES string of the molecule is Cc1ccc(CN(C(=O)CN2CCCCC2C(=O)O)C2CC2)cc1.Cl. The number of likely N-dealkylation sites (tertiary alicyclic amines) is 1. The fourth-order valence-electron chi connectivity index (χ4n) is 3.42. The van der Waals surface area contributed by atoms with Crippen LogP contribution in [0.5, 0.6) is 0 Å². The Kier molecular flexibility index (Phi) is 6.85. The minimum atomic E-state index is -0.806. The molecule has 25 heavy (non-hydrogen) atoms. The summed E-state index contributed by atoms with van der Waals surface area (Å²) < 4.78 is 0. The highest BCUT2D eigenvalue weighted by Crippen LogP contribution is 2.29. The smallest absolute Gasteiger partial charge is 0.320 e. The molecule has 1 aliphatic heterocycles. The number of aliphatic carboxylic acids is 1. The zero-order valence-electron chi connectivity index (χ0n) is 14.7. The third kappa shape index (κ3) is 5.19. The zero-order chi connectivity index (χ0) is 17.1. The molecule has 1 N–H and O–H groups in total. The lowest BCUT2D eigenvalue weighted by Gasteiger charge is -2.34. The van der Waals surface area contributed by atoms with Gasteiger partial charge in [0, 0.05) is 12.6 Å². The minimum Gasteiger partial charge on any atom is -0.480 e. The topological polar surface area (TPSA) is 60.9 Å². The van der Waals surface area contributed by atoms with Crippen molar-refractivity contribution in [1.29, 1.82) is 0 Å². The molecule has 1 aromatic rings. The molecule has 5 nitrogen and oxygen atoms in total. The van der Waals surface area contributed by atoms with Gasteiger partial charge >= 0.3 is 5.97 Å². The highest BCUT2D eigenvalue weighted by Gasteiger charge is 2.35. The summed E-state index contributed by atoms with van der Waals surface area (Å²) in [6, 6.07) is 8.08. The van der Waals surface area contributed by atoms with Crippen molar-refractivity contribution in [2.45, 2.75) is 57.7 Å². The first kappa shape index (κ1) is 19.7. The van der Waals surface area contributed by atoms with Gasteiger partial charge in [-0.15, -0.1) is 12.4 Å². The Morgan fingerprint density at radius 3 is 2.44 bits per heavy atom. The molecule has 1 unspecified atom stereocenters. The molecule has 138 valence electrons. The monoisotopic (exact) mass is 366 g/mol. The van der Waals surface area contributed by atoms with Crippen LogP contribution in [0.2, 0.25) is 0 Å². The number of hydrogen-bond acceptors (Lipinski definition) is 3. The fraction of sp³-hybridized carbons (Fsp3) is 0.579. The van der Waals surface area contributed by atoms with Crippen LogP contribution in [-0.4, -0.2) is 52.0 Å². The van der Waals surface area contributed by atoms with Crippen molar-refractivity contribution in [1.82, 2.24) is 9.80 Å². The van der Waals surface area contributed by atoms with Crippen molar-refractivity contribution in [2.75, 3.05) is 13.1 Å². The van der Waals surface area contributed by atoms with Gasteiger partial charge in [-0.05, 0) is 44.7 Å². The summed E-state index contributed by atoms with van der Waals surface area (Å²) in [6.07, 6.45) is 4.65. The van der Waals surface area contributed by atoms with Gasteiger partial charge in [-0.25, -0.2) is 0 Å². The van der Waals surface area contributed by atoms with E-state index in [0.717, 1.165) is 31.2 Å². The summed E-state index contributed by atoms with van der Waals surface area (Å²) in [7, 11) is 0. The Labute approximate surface area is 155 Å². The van der Waals surface area contributed by atoms with Crippen molar-refractivity contribution < 1.29 is 14.7 Å². The molecule has 1 aromatic carbocycles. The maximum atomic E-state index is 12.8. The molecule has 6 heteroatoms. The summed E-state index contributed by atoms with van der Waals surface area (Å²) in [5, 5.41) is 9.38. The van der Waals surface area contributed by atoms with E-state index in [0.29, 0.717) is 25.6 Å². The number of amides is 1. The van der Waals surface area contributed by atoms with Crippen molar-refractivity contribution in [2.24, 2.45) is 0 Å². The van der Waals surface area contributed by atoms with Gasteiger partial charge < -0.3 is 10.0 Å². The second-order valence-corrected chi connectivity index (χ2v) is 7.06. The molecule has 1 heterocycles. The van der Waals surface area contributed by atoms with E-state index in [1.807, 2.05) is 9.80 Å². The summed E-state index contributed by atoms with van der Waals surface area (Å²) in [4.78, 5) is 28.0. The van der Waals surface area contributed by atoms with E-state index in [4.69, 9.17) is 0 Å². The van der Waals surface area contributed by atoms with Crippen molar-refractivity contribution >= 4 is 24.3 Å². The van der Waals surface area contributed by atoms with Crippen molar-refractivity contribution in [3.63, 3.8) is 0 Å². The van der Waals surface area contributed by atoms with Crippen LogP contribution in [-0.2, 0) is 16.1 Å². The number of hydrogen-bond donors (Lipinski definition) is 1. The molecule has 1 amide bonds. The zero-order valence-corrected chi connectivity index (χ0v) is 15.5. The molecule has 2 aliphatic rings. The van der Waals surface area contributed by atoms with E-state index in [9.17, 15) is 14.7 Å². The van der Waals surface area contributed by atoms with Crippen LogP contribution < -0.4 is 0 Å².